The van der Waals surface area contributed by atoms with Crippen molar-refractivity contribution in [1.82, 2.24) is 0 Å². The van der Waals surface area contributed by atoms with Crippen molar-refractivity contribution >= 4 is 59.1 Å². The zero-order valence-electron chi connectivity index (χ0n) is 8.81. The van der Waals surface area contributed by atoms with Gasteiger partial charge in [-0.25, -0.2) is 4.39 Å². The highest BCUT2D eigenvalue weighted by molar-refractivity contribution is 9.13. The number of halogens is 4. The van der Waals surface area contributed by atoms with Gasteiger partial charge in [-0.05, 0) is 68.1 Å². The summed E-state index contributed by atoms with van der Waals surface area (Å²) >= 11 is 12.2. The molecule has 1 aromatic carbocycles. The SMILES string of the molecule is Cc1ccc(F)cc1C(Br)c1cc(Br)c(Br)s1. The van der Waals surface area contributed by atoms with E-state index in [2.05, 4.69) is 47.8 Å². The average molecular weight is 443 g/mol. The molecule has 0 saturated carbocycles. The summed E-state index contributed by atoms with van der Waals surface area (Å²) in [7, 11) is 0. The highest BCUT2D eigenvalue weighted by Gasteiger charge is 2.17. The van der Waals surface area contributed by atoms with E-state index in [1.165, 1.54) is 6.07 Å². The quantitative estimate of drug-likeness (QED) is 0.485. The first kappa shape index (κ1) is 13.7. The minimum absolute atomic E-state index is 0.0193. The van der Waals surface area contributed by atoms with Gasteiger partial charge in [-0.1, -0.05) is 22.0 Å². The van der Waals surface area contributed by atoms with Crippen LogP contribution in [-0.2, 0) is 0 Å². The first-order valence-corrected chi connectivity index (χ1v) is 8.15. The lowest BCUT2D eigenvalue weighted by Gasteiger charge is -2.11. The minimum atomic E-state index is -0.204. The topological polar surface area (TPSA) is 0 Å². The van der Waals surface area contributed by atoms with Crippen molar-refractivity contribution in [2.45, 2.75) is 11.8 Å². The Hall–Kier alpha value is 0.290. The molecule has 0 saturated heterocycles. The maximum absolute atomic E-state index is 13.3. The van der Waals surface area contributed by atoms with Crippen LogP contribution in [0.5, 0.6) is 0 Å². The van der Waals surface area contributed by atoms with Crippen LogP contribution in [0.3, 0.4) is 0 Å². The Morgan fingerprint density at radius 2 is 1.94 bits per heavy atom. The van der Waals surface area contributed by atoms with Crippen LogP contribution in [0.25, 0.3) is 0 Å². The summed E-state index contributed by atoms with van der Waals surface area (Å²) in [6, 6.07) is 6.91. The molecule has 0 aliphatic carbocycles. The van der Waals surface area contributed by atoms with E-state index < -0.39 is 0 Å². The standard InChI is InChI=1S/C12H8Br3FS/c1-6-2-3-7(16)4-8(6)11(14)10-5-9(13)12(15)17-10/h2-5,11H,1H3. The summed E-state index contributed by atoms with van der Waals surface area (Å²) in [5, 5.41) is 0. The third kappa shape index (κ3) is 3.00. The molecular formula is C12H8Br3FS. The molecule has 1 atom stereocenters. The second-order valence-corrected chi connectivity index (χ2v) is 7.81. The molecule has 0 nitrogen and oxygen atoms in total. The van der Waals surface area contributed by atoms with Crippen molar-refractivity contribution < 1.29 is 4.39 Å². The molecule has 0 fully saturated rings. The third-order valence-corrected chi connectivity index (χ3v) is 7.04. The molecule has 17 heavy (non-hydrogen) atoms. The normalized spacial score (nSPS) is 12.8. The summed E-state index contributed by atoms with van der Waals surface area (Å²) in [6.45, 7) is 1.99. The molecule has 5 heteroatoms. The van der Waals surface area contributed by atoms with Gasteiger partial charge in [0.2, 0.25) is 0 Å². The molecule has 0 spiro atoms. The predicted octanol–water partition coefficient (Wildman–Crippen LogP) is 6.20. The second kappa shape index (κ2) is 5.51. The van der Waals surface area contributed by atoms with E-state index in [0.29, 0.717) is 0 Å². The van der Waals surface area contributed by atoms with Gasteiger partial charge in [-0.2, -0.15) is 0 Å². The molecule has 0 radical (unpaired) electrons. The number of benzene rings is 1. The molecular weight excluding hydrogens is 435 g/mol. The van der Waals surface area contributed by atoms with Crippen LogP contribution < -0.4 is 0 Å². The number of alkyl halides is 1. The Bertz CT molecular complexity index is 531. The van der Waals surface area contributed by atoms with E-state index in [1.807, 2.05) is 13.0 Å². The second-order valence-electron chi connectivity index (χ2n) is 3.63. The average Bonchev–Trinajstić information content (AvgIpc) is 2.62. The number of aryl methyl sites for hydroxylation is 1. The van der Waals surface area contributed by atoms with Crippen molar-refractivity contribution in [3.8, 4) is 0 Å². The van der Waals surface area contributed by atoms with Crippen molar-refractivity contribution in [3.05, 3.63) is 54.3 Å². The Morgan fingerprint density at radius 1 is 1.24 bits per heavy atom. The highest BCUT2D eigenvalue weighted by Crippen LogP contribution is 2.42. The third-order valence-electron chi connectivity index (χ3n) is 2.43. The minimum Gasteiger partial charge on any atom is -0.207 e. The lowest BCUT2D eigenvalue weighted by molar-refractivity contribution is 0.625. The molecule has 90 valence electrons. The van der Waals surface area contributed by atoms with Gasteiger partial charge in [0.1, 0.15) is 5.82 Å². The van der Waals surface area contributed by atoms with Gasteiger partial charge in [0.25, 0.3) is 0 Å². The Labute approximate surface area is 129 Å². The van der Waals surface area contributed by atoms with Crippen LogP contribution in [0.1, 0.15) is 20.8 Å². The van der Waals surface area contributed by atoms with E-state index in [0.717, 1.165) is 24.3 Å². The molecule has 0 aliphatic rings. The summed E-state index contributed by atoms with van der Waals surface area (Å²) in [6.07, 6.45) is 0. The van der Waals surface area contributed by atoms with Crippen LogP contribution in [-0.4, -0.2) is 0 Å². The lowest BCUT2D eigenvalue weighted by atomic mass is 10.0. The van der Waals surface area contributed by atoms with E-state index in [1.54, 1.807) is 23.5 Å². The van der Waals surface area contributed by atoms with Gasteiger partial charge in [-0.3, -0.25) is 0 Å². The van der Waals surface area contributed by atoms with E-state index in [-0.39, 0.29) is 10.6 Å². The summed E-state index contributed by atoms with van der Waals surface area (Å²) in [4.78, 5) is 1.16. The molecule has 0 aliphatic heterocycles. The van der Waals surface area contributed by atoms with Crippen LogP contribution in [0.15, 0.2) is 32.5 Å². The Morgan fingerprint density at radius 3 is 2.53 bits per heavy atom. The molecule has 0 bridgehead atoms. The van der Waals surface area contributed by atoms with Gasteiger partial charge in [0.05, 0.1) is 8.61 Å². The number of thiophene rings is 1. The molecule has 0 amide bonds. The first-order chi connectivity index (χ1) is 7.99. The maximum atomic E-state index is 13.3. The molecule has 0 N–H and O–H groups in total. The number of hydrogen-bond donors (Lipinski definition) is 0. The van der Waals surface area contributed by atoms with Crippen molar-refractivity contribution in [3.63, 3.8) is 0 Å². The molecule has 2 rings (SSSR count). The molecule has 1 aromatic heterocycles. The van der Waals surface area contributed by atoms with Gasteiger partial charge < -0.3 is 0 Å². The van der Waals surface area contributed by atoms with Gasteiger partial charge in [0, 0.05) is 9.35 Å². The fraction of sp³-hybridized carbons (Fsp3) is 0.167. The first-order valence-electron chi connectivity index (χ1n) is 4.84. The number of hydrogen-bond acceptors (Lipinski definition) is 1. The van der Waals surface area contributed by atoms with Crippen LogP contribution in [0, 0.1) is 12.7 Å². The van der Waals surface area contributed by atoms with Crippen LogP contribution in [0.4, 0.5) is 4.39 Å². The zero-order valence-corrected chi connectivity index (χ0v) is 14.4. The Balaban J connectivity index is 2.42. The monoisotopic (exact) mass is 440 g/mol. The van der Waals surface area contributed by atoms with Crippen LogP contribution in [0.2, 0.25) is 0 Å². The fourth-order valence-corrected chi connectivity index (χ4v) is 4.52. The summed E-state index contributed by atoms with van der Waals surface area (Å²) in [5.74, 6) is -0.204. The van der Waals surface area contributed by atoms with E-state index in [4.69, 9.17) is 0 Å². The molecule has 1 unspecified atom stereocenters. The zero-order chi connectivity index (χ0) is 12.6. The van der Waals surface area contributed by atoms with Gasteiger partial charge in [0.15, 0.2) is 0 Å². The summed E-state index contributed by atoms with van der Waals surface area (Å²) in [5.41, 5.74) is 2.04. The smallest absolute Gasteiger partial charge is 0.123 e. The Kier molecular flexibility index (Phi) is 4.45. The van der Waals surface area contributed by atoms with Crippen molar-refractivity contribution in [2.75, 3.05) is 0 Å². The van der Waals surface area contributed by atoms with E-state index in [9.17, 15) is 4.39 Å². The molecule has 2 aromatic rings. The lowest BCUT2D eigenvalue weighted by Crippen LogP contribution is -1.94. The predicted molar refractivity (Wildman–Crippen MR) is 81.6 cm³/mol. The van der Waals surface area contributed by atoms with Crippen molar-refractivity contribution in [1.29, 1.82) is 0 Å². The highest BCUT2D eigenvalue weighted by atomic mass is 79.9. The molecule has 1 heterocycles. The van der Waals surface area contributed by atoms with E-state index >= 15 is 0 Å². The van der Waals surface area contributed by atoms with Gasteiger partial charge in [-0.15, -0.1) is 11.3 Å². The van der Waals surface area contributed by atoms with Crippen molar-refractivity contribution in [2.24, 2.45) is 0 Å². The van der Waals surface area contributed by atoms with Crippen LogP contribution >= 0.6 is 59.1 Å². The largest absolute Gasteiger partial charge is 0.207 e. The fourth-order valence-electron chi connectivity index (χ4n) is 1.53. The summed E-state index contributed by atoms with van der Waals surface area (Å²) < 4.78 is 15.3. The maximum Gasteiger partial charge on any atom is 0.123 e. The number of rotatable bonds is 2. The van der Waals surface area contributed by atoms with Gasteiger partial charge >= 0.3 is 0 Å².